The minimum atomic E-state index is -4.33. The summed E-state index contributed by atoms with van der Waals surface area (Å²) in [5.74, 6) is -0.135. The van der Waals surface area contributed by atoms with Crippen molar-refractivity contribution in [2.45, 2.75) is 405 Å². The van der Waals surface area contributed by atoms with Gasteiger partial charge in [0.25, 0.3) is 0 Å². The second kappa shape index (κ2) is 63.7. The molecule has 0 fully saturated rings. The van der Waals surface area contributed by atoms with E-state index in [0.717, 1.165) is 38.5 Å². The number of hydrogen-bond acceptors (Lipinski definition) is 5. The summed E-state index contributed by atoms with van der Waals surface area (Å²) in [4.78, 5) is 23.5. The molecular formula is C72H146N2O6P+. The maximum atomic E-state index is 13.1. The van der Waals surface area contributed by atoms with E-state index >= 15 is 0 Å². The molecule has 0 aliphatic rings. The fourth-order valence-electron chi connectivity index (χ4n) is 11.6. The topological polar surface area (TPSA) is 105 Å². The molecule has 0 saturated carbocycles. The second-order valence-corrected chi connectivity index (χ2v) is 28.1. The van der Waals surface area contributed by atoms with Crippen molar-refractivity contribution in [3.63, 3.8) is 0 Å². The van der Waals surface area contributed by atoms with Gasteiger partial charge in [-0.15, -0.1) is 0 Å². The Hall–Kier alpha value is -0.760. The number of hydrogen-bond donors (Lipinski definition) is 3. The second-order valence-electron chi connectivity index (χ2n) is 26.7. The first kappa shape index (κ1) is 80.2. The summed E-state index contributed by atoms with van der Waals surface area (Å²) in [5.41, 5.74) is 0. The molecule has 0 aromatic heterocycles. The van der Waals surface area contributed by atoms with Crippen LogP contribution in [0.2, 0.25) is 0 Å². The van der Waals surface area contributed by atoms with Gasteiger partial charge in [0.15, 0.2) is 0 Å². The number of phosphoric ester groups is 1. The fraction of sp³-hybridized carbons (Fsp3) is 0.958. The molecule has 0 bridgehead atoms. The number of aliphatic hydroxyl groups is 1. The maximum Gasteiger partial charge on any atom is 0.472 e. The van der Waals surface area contributed by atoms with Crippen molar-refractivity contribution in [3.8, 4) is 0 Å². The minimum absolute atomic E-state index is 0.0782. The van der Waals surface area contributed by atoms with Crippen molar-refractivity contribution in [2.24, 2.45) is 0 Å². The number of likely N-dealkylation sites (N-methyl/N-ethyl adjacent to an activating group) is 1. The molecule has 3 N–H and O–H groups in total. The Morgan fingerprint density at radius 3 is 0.951 bits per heavy atom. The Balaban J connectivity index is 3.92. The lowest BCUT2D eigenvalue weighted by Gasteiger charge is -2.26. The average molecular weight is 1170 g/mol. The number of amides is 1. The zero-order valence-electron chi connectivity index (χ0n) is 55.6. The van der Waals surface area contributed by atoms with Crippen molar-refractivity contribution in [3.05, 3.63) is 12.2 Å². The highest BCUT2D eigenvalue weighted by Gasteiger charge is 2.28. The lowest BCUT2D eigenvalue weighted by atomic mass is 10.0. The van der Waals surface area contributed by atoms with E-state index in [1.807, 2.05) is 21.1 Å². The molecular weight excluding hydrogens is 1020 g/mol. The van der Waals surface area contributed by atoms with Gasteiger partial charge in [-0.2, -0.15) is 0 Å². The van der Waals surface area contributed by atoms with Crippen LogP contribution in [-0.2, 0) is 18.4 Å². The highest BCUT2D eigenvalue weighted by molar-refractivity contribution is 7.47. The van der Waals surface area contributed by atoms with E-state index in [-0.39, 0.29) is 19.1 Å². The van der Waals surface area contributed by atoms with E-state index in [1.165, 1.54) is 327 Å². The Morgan fingerprint density at radius 2 is 0.667 bits per heavy atom. The number of carbonyl (C=O) groups is 1. The van der Waals surface area contributed by atoms with Gasteiger partial charge in [0.05, 0.1) is 39.9 Å². The molecule has 8 nitrogen and oxygen atoms in total. The Kier molecular flexibility index (Phi) is 63.1. The predicted molar refractivity (Wildman–Crippen MR) is 355 cm³/mol. The van der Waals surface area contributed by atoms with Gasteiger partial charge in [-0.05, 0) is 38.5 Å². The zero-order chi connectivity index (χ0) is 59.1. The van der Waals surface area contributed by atoms with Crippen LogP contribution in [0.4, 0.5) is 0 Å². The third-order valence-electron chi connectivity index (χ3n) is 17.3. The molecule has 0 aliphatic carbocycles. The lowest BCUT2D eigenvalue weighted by Crippen LogP contribution is -2.46. The van der Waals surface area contributed by atoms with Crippen LogP contribution in [0, 0.1) is 0 Å². The zero-order valence-corrected chi connectivity index (χ0v) is 56.5. The Morgan fingerprint density at radius 1 is 0.407 bits per heavy atom. The number of nitrogens with one attached hydrogen (secondary N) is 1. The van der Waals surface area contributed by atoms with Gasteiger partial charge in [-0.1, -0.05) is 360 Å². The van der Waals surface area contributed by atoms with Crippen LogP contribution in [0.15, 0.2) is 12.2 Å². The Bertz CT molecular complexity index is 1320. The normalized spacial score (nSPS) is 13.6. The van der Waals surface area contributed by atoms with Gasteiger partial charge in [0.2, 0.25) is 5.91 Å². The molecule has 0 aliphatic heterocycles. The quantitative estimate of drug-likeness (QED) is 0.0243. The van der Waals surface area contributed by atoms with E-state index < -0.39 is 20.0 Å². The molecule has 0 radical (unpaired) electrons. The molecule has 0 spiro atoms. The van der Waals surface area contributed by atoms with E-state index in [2.05, 4.69) is 31.3 Å². The number of carbonyl (C=O) groups excluding carboxylic acids is 1. The summed E-state index contributed by atoms with van der Waals surface area (Å²) < 4.78 is 23.9. The molecule has 81 heavy (non-hydrogen) atoms. The van der Waals surface area contributed by atoms with Crippen molar-refractivity contribution in [2.75, 3.05) is 40.9 Å². The van der Waals surface area contributed by atoms with Crippen LogP contribution in [0.3, 0.4) is 0 Å². The van der Waals surface area contributed by atoms with Gasteiger partial charge < -0.3 is 19.8 Å². The highest BCUT2D eigenvalue weighted by atomic mass is 31.2. The van der Waals surface area contributed by atoms with E-state index in [4.69, 9.17) is 9.05 Å². The summed E-state index contributed by atoms with van der Waals surface area (Å²) >= 11 is 0. The van der Waals surface area contributed by atoms with Crippen molar-refractivity contribution in [1.82, 2.24) is 5.32 Å². The van der Waals surface area contributed by atoms with Crippen LogP contribution in [-0.4, -0.2) is 73.4 Å². The van der Waals surface area contributed by atoms with Crippen LogP contribution in [0.5, 0.6) is 0 Å². The molecule has 1 amide bonds. The number of allylic oxidation sites excluding steroid dienone is 2. The number of quaternary nitrogens is 1. The van der Waals surface area contributed by atoms with Gasteiger partial charge in [0.1, 0.15) is 13.2 Å². The summed E-state index contributed by atoms with van der Waals surface area (Å²) in [6.45, 7) is 4.96. The maximum absolute atomic E-state index is 13.1. The first-order valence-corrected chi connectivity index (χ1v) is 38.0. The van der Waals surface area contributed by atoms with E-state index in [9.17, 15) is 19.4 Å². The molecule has 484 valence electrons. The van der Waals surface area contributed by atoms with Crippen LogP contribution >= 0.6 is 7.82 Å². The SMILES string of the molecule is CCCCCCCCCCCCCCCCCC/C=C\CCCCCCCCCCCCCCCCCCCC(=O)NC(COP(=O)(O)OCC[N+](C)(C)C)C(O)CCCCCCCCCCCCCCCCCCCCCCCC. The standard InChI is InChI=1S/C72H145N2O6P/c1-6-8-10-12-14-16-18-20-22-24-26-28-30-31-32-33-34-35-36-37-38-39-40-41-42-43-44-46-48-50-52-54-56-58-60-62-64-66-72(76)73-70(69-80-81(77,78)79-68-67-74(3,4)5)71(75)65-63-61-59-57-55-53-51-49-47-45-29-27-25-23-21-19-17-15-13-11-9-7-2/h35-36,70-71,75H,6-34,37-69H2,1-5H3,(H-,73,76,77,78)/p+1/b36-35-. The van der Waals surface area contributed by atoms with Gasteiger partial charge in [-0.3, -0.25) is 13.8 Å². The monoisotopic (exact) mass is 1170 g/mol. The van der Waals surface area contributed by atoms with Crippen LogP contribution in [0.1, 0.15) is 393 Å². The number of phosphoric acid groups is 1. The predicted octanol–water partition coefficient (Wildman–Crippen LogP) is 23.3. The van der Waals surface area contributed by atoms with Gasteiger partial charge in [-0.25, -0.2) is 4.57 Å². The molecule has 0 saturated heterocycles. The summed E-state index contributed by atoms with van der Waals surface area (Å²) in [7, 11) is 1.64. The summed E-state index contributed by atoms with van der Waals surface area (Å²) in [6.07, 6.45) is 81.9. The molecule has 0 aromatic rings. The average Bonchev–Trinajstić information content (AvgIpc) is 3.43. The third-order valence-corrected chi connectivity index (χ3v) is 18.2. The van der Waals surface area contributed by atoms with Crippen LogP contribution < -0.4 is 5.32 Å². The van der Waals surface area contributed by atoms with E-state index in [1.54, 1.807) is 0 Å². The fourth-order valence-corrected chi connectivity index (χ4v) is 12.3. The van der Waals surface area contributed by atoms with Gasteiger partial charge in [0, 0.05) is 6.42 Å². The third kappa shape index (κ3) is 66.6. The Labute approximate surface area is 507 Å². The number of rotatable bonds is 69. The first-order chi connectivity index (χ1) is 39.5. The molecule has 0 aromatic carbocycles. The smallest absolute Gasteiger partial charge is 0.391 e. The summed E-state index contributed by atoms with van der Waals surface area (Å²) in [6, 6.07) is -0.759. The lowest BCUT2D eigenvalue weighted by molar-refractivity contribution is -0.870. The minimum Gasteiger partial charge on any atom is -0.391 e. The number of unbranched alkanes of at least 4 members (excludes halogenated alkanes) is 54. The number of aliphatic hydroxyl groups excluding tert-OH is 1. The highest BCUT2D eigenvalue weighted by Crippen LogP contribution is 2.43. The molecule has 0 heterocycles. The molecule has 3 unspecified atom stereocenters. The first-order valence-electron chi connectivity index (χ1n) is 36.6. The van der Waals surface area contributed by atoms with Crippen molar-refractivity contribution < 1.29 is 32.9 Å². The van der Waals surface area contributed by atoms with E-state index in [0.29, 0.717) is 23.9 Å². The largest absolute Gasteiger partial charge is 0.472 e. The summed E-state index contributed by atoms with van der Waals surface area (Å²) in [5, 5.41) is 14.2. The van der Waals surface area contributed by atoms with Crippen LogP contribution in [0.25, 0.3) is 0 Å². The number of nitrogens with zero attached hydrogens (tertiary/aromatic N) is 1. The van der Waals surface area contributed by atoms with Crippen molar-refractivity contribution >= 4 is 13.7 Å². The van der Waals surface area contributed by atoms with Gasteiger partial charge >= 0.3 is 7.82 Å². The van der Waals surface area contributed by atoms with Crippen molar-refractivity contribution in [1.29, 1.82) is 0 Å². The molecule has 9 heteroatoms. The molecule has 3 atom stereocenters. The molecule has 0 rings (SSSR count).